The number of benzene rings is 2. The molecule has 5 atom stereocenters. The summed E-state index contributed by atoms with van der Waals surface area (Å²) in [6, 6.07) is 13.5. The minimum atomic E-state index is -3.89. The molecule has 4 fully saturated rings. The Balaban J connectivity index is 1.15. The summed E-state index contributed by atoms with van der Waals surface area (Å²) < 4.78 is 33.3. The number of hydrogen-bond acceptors (Lipinski definition) is 9. The fraction of sp³-hybridized carbons (Fsp3) is 0.525. The summed E-state index contributed by atoms with van der Waals surface area (Å²) in [6.07, 6.45) is 5.48. The molecule has 1 heterocycles. The number of rotatable bonds is 11. The molecule has 14 heteroatoms. The highest BCUT2D eigenvalue weighted by atomic mass is 32.2. The van der Waals surface area contributed by atoms with E-state index in [9.17, 15) is 27.6 Å². The number of oxime groups is 1. The third-order valence-corrected chi connectivity index (χ3v) is 13.1. The second-order valence-corrected chi connectivity index (χ2v) is 18.3. The van der Waals surface area contributed by atoms with Crippen molar-refractivity contribution < 1.29 is 37.2 Å². The van der Waals surface area contributed by atoms with Gasteiger partial charge in [0.2, 0.25) is 21.8 Å². The van der Waals surface area contributed by atoms with Crippen LogP contribution < -0.4 is 15.4 Å². The van der Waals surface area contributed by atoms with Gasteiger partial charge in [0.25, 0.3) is 5.91 Å². The van der Waals surface area contributed by atoms with Crippen LogP contribution in [0.15, 0.2) is 66.3 Å². The fourth-order valence-corrected chi connectivity index (χ4v) is 9.27. The Labute approximate surface area is 316 Å². The van der Waals surface area contributed by atoms with E-state index < -0.39 is 74.1 Å². The summed E-state index contributed by atoms with van der Waals surface area (Å²) in [5, 5.41) is 9.57. The maximum Gasteiger partial charge on any atom is 0.408 e. The number of amides is 4. The monoisotopic (exact) mass is 759 g/mol. The van der Waals surface area contributed by atoms with Gasteiger partial charge in [0.1, 0.15) is 35.5 Å². The third kappa shape index (κ3) is 7.49. The van der Waals surface area contributed by atoms with Crippen molar-refractivity contribution in [3.8, 4) is 11.1 Å². The number of alkyl carbamates (subject to hydrolysis) is 1. The van der Waals surface area contributed by atoms with Gasteiger partial charge in [-0.15, -0.1) is 6.58 Å². The van der Waals surface area contributed by atoms with Gasteiger partial charge in [0.05, 0.1) is 11.8 Å². The normalized spacial score (nSPS) is 25.4. The lowest BCUT2D eigenvalue weighted by atomic mass is 9.85. The van der Waals surface area contributed by atoms with Gasteiger partial charge in [-0.1, -0.05) is 87.0 Å². The van der Waals surface area contributed by atoms with Crippen LogP contribution >= 0.6 is 0 Å². The molecule has 0 unspecified atom stereocenters. The largest absolute Gasteiger partial charge is 0.446 e. The number of ether oxygens (including phenoxy) is 1. The standard InChI is InChI=1S/C40H49N5O8S/c1-5-24-22-40(24,37(48)44-54(50,51)27-19-20-27)42-35(46)32-21-26(53-43-33-30-17-11-9-15-28(30)29-16-10-12-18-31(29)33)23-45(32)36(47)34(39(2,3)4)41-38(49)52-25-13-7-6-8-14-25/h5,9-12,15-18,24-27,32,34H,1,6-8,13-14,19-23H2,2-4H3,(H,41,49)(H,42,46)(H,44,48)/t24-,26-,32+,34-,40+/m1/s1. The lowest BCUT2D eigenvalue weighted by Gasteiger charge is -2.35. The minimum Gasteiger partial charge on any atom is -0.446 e. The summed E-state index contributed by atoms with van der Waals surface area (Å²) in [7, 11) is -3.89. The second kappa shape index (κ2) is 14.5. The van der Waals surface area contributed by atoms with Gasteiger partial charge in [0, 0.05) is 23.5 Å². The highest BCUT2D eigenvalue weighted by molar-refractivity contribution is 7.91. The Kier molecular flexibility index (Phi) is 10.1. The molecule has 0 bridgehead atoms. The predicted molar refractivity (Wildman–Crippen MR) is 202 cm³/mol. The Morgan fingerprint density at radius 1 is 0.926 bits per heavy atom. The highest BCUT2D eigenvalue weighted by Gasteiger charge is 2.62. The zero-order valence-corrected chi connectivity index (χ0v) is 31.8. The molecule has 2 aromatic carbocycles. The second-order valence-electron chi connectivity index (χ2n) is 16.3. The van der Waals surface area contributed by atoms with E-state index in [1.807, 2.05) is 69.3 Å². The van der Waals surface area contributed by atoms with Crippen molar-refractivity contribution in [3.05, 3.63) is 72.3 Å². The van der Waals surface area contributed by atoms with Gasteiger partial charge < -0.3 is 25.1 Å². The van der Waals surface area contributed by atoms with Crippen molar-refractivity contribution in [2.45, 2.75) is 114 Å². The van der Waals surface area contributed by atoms with Crippen LogP contribution in [0.4, 0.5) is 4.79 Å². The topological polar surface area (TPSA) is 173 Å². The van der Waals surface area contributed by atoms with E-state index in [1.165, 1.54) is 11.0 Å². The number of fused-ring (bicyclic) bond motifs is 3. The molecule has 3 N–H and O–H groups in total. The minimum absolute atomic E-state index is 0.0257. The Hall–Kier alpha value is -4.72. The molecule has 4 amide bonds. The van der Waals surface area contributed by atoms with Crippen molar-refractivity contribution in [3.63, 3.8) is 0 Å². The molecule has 7 rings (SSSR count). The van der Waals surface area contributed by atoms with Crippen LogP contribution in [0.2, 0.25) is 0 Å². The zero-order chi connectivity index (χ0) is 38.4. The smallest absolute Gasteiger partial charge is 0.408 e. The number of carbonyl (C=O) groups is 4. The van der Waals surface area contributed by atoms with E-state index in [1.54, 1.807) is 0 Å². The summed E-state index contributed by atoms with van der Waals surface area (Å²) in [5.41, 5.74) is 2.12. The van der Waals surface area contributed by atoms with E-state index in [0.29, 0.717) is 18.6 Å². The number of sulfonamides is 1. The summed E-state index contributed by atoms with van der Waals surface area (Å²) in [6.45, 7) is 9.19. The van der Waals surface area contributed by atoms with Crippen LogP contribution in [0.5, 0.6) is 0 Å². The van der Waals surface area contributed by atoms with Crippen molar-refractivity contribution >= 4 is 39.5 Å². The van der Waals surface area contributed by atoms with E-state index in [4.69, 9.17) is 9.57 Å². The van der Waals surface area contributed by atoms with E-state index in [-0.39, 0.29) is 25.5 Å². The van der Waals surface area contributed by atoms with Crippen molar-refractivity contribution in [2.24, 2.45) is 16.5 Å². The highest BCUT2D eigenvalue weighted by Crippen LogP contribution is 2.46. The molecular formula is C40H49N5O8S. The maximum atomic E-state index is 14.6. The molecule has 288 valence electrons. The van der Waals surface area contributed by atoms with Crippen LogP contribution in [-0.4, -0.2) is 84.5 Å². The van der Waals surface area contributed by atoms with Gasteiger partial charge in [-0.3, -0.25) is 19.1 Å². The molecule has 2 aromatic rings. The van der Waals surface area contributed by atoms with Gasteiger partial charge >= 0.3 is 6.09 Å². The van der Waals surface area contributed by atoms with E-state index in [2.05, 4.69) is 27.1 Å². The third-order valence-electron chi connectivity index (χ3n) is 11.2. The molecule has 1 saturated heterocycles. The van der Waals surface area contributed by atoms with Crippen molar-refractivity contribution in [1.82, 2.24) is 20.3 Å². The molecule has 0 radical (unpaired) electrons. The zero-order valence-electron chi connectivity index (χ0n) is 31.0. The molecule has 0 spiro atoms. The first-order chi connectivity index (χ1) is 25.7. The molecule has 5 aliphatic rings. The molecule has 4 aliphatic carbocycles. The molecular weight excluding hydrogens is 711 g/mol. The lowest BCUT2D eigenvalue weighted by molar-refractivity contribution is -0.143. The van der Waals surface area contributed by atoms with Crippen LogP contribution in [0.25, 0.3) is 11.1 Å². The van der Waals surface area contributed by atoms with Gasteiger partial charge in [-0.05, 0) is 61.5 Å². The van der Waals surface area contributed by atoms with Crippen molar-refractivity contribution in [1.29, 1.82) is 0 Å². The van der Waals surface area contributed by atoms with Crippen LogP contribution in [0, 0.1) is 11.3 Å². The van der Waals surface area contributed by atoms with Gasteiger partial charge in [-0.25, -0.2) is 13.2 Å². The first kappa shape index (κ1) is 37.6. The summed E-state index contributed by atoms with van der Waals surface area (Å²) >= 11 is 0. The Morgan fingerprint density at radius 2 is 1.54 bits per heavy atom. The first-order valence-electron chi connectivity index (χ1n) is 18.9. The van der Waals surface area contributed by atoms with Crippen LogP contribution in [0.3, 0.4) is 0 Å². The summed E-state index contributed by atoms with van der Waals surface area (Å²) in [5.74, 6) is -2.52. The average molecular weight is 760 g/mol. The van der Waals surface area contributed by atoms with Gasteiger partial charge in [-0.2, -0.15) is 0 Å². The maximum absolute atomic E-state index is 14.6. The Bertz CT molecular complexity index is 1930. The molecule has 13 nitrogen and oxygen atoms in total. The molecule has 54 heavy (non-hydrogen) atoms. The van der Waals surface area contributed by atoms with Crippen LogP contribution in [-0.2, 0) is 34.0 Å². The molecule has 1 aliphatic heterocycles. The SMILES string of the molecule is C=C[C@@H]1C[C@@]1(NC(=O)[C@@H]1C[C@@H](ON=C2c3ccccc3-c3ccccc32)CN1C(=O)[C@@H](NC(=O)OC1CCCCC1)C(C)(C)C)C(=O)NS(=O)(=O)C1CC1. The van der Waals surface area contributed by atoms with E-state index >= 15 is 0 Å². The number of likely N-dealkylation sites (tertiary alicyclic amines) is 1. The first-order valence-corrected chi connectivity index (χ1v) is 20.5. The number of nitrogens with zero attached hydrogens (tertiary/aromatic N) is 2. The Morgan fingerprint density at radius 3 is 2.09 bits per heavy atom. The van der Waals surface area contributed by atoms with Crippen LogP contribution in [0.1, 0.15) is 89.7 Å². The number of carbonyl (C=O) groups excluding carboxylic acids is 4. The van der Waals surface area contributed by atoms with Crippen molar-refractivity contribution in [2.75, 3.05) is 6.54 Å². The van der Waals surface area contributed by atoms with Gasteiger partial charge in [0.15, 0.2) is 0 Å². The number of nitrogens with one attached hydrogen (secondary N) is 3. The lowest BCUT2D eigenvalue weighted by Crippen LogP contribution is -2.60. The predicted octanol–water partition coefficient (Wildman–Crippen LogP) is 4.55. The summed E-state index contributed by atoms with van der Waals surface area (Å²) in [4.78, 5) is 63.1. The number of hydrogen-bond donors (Lipinski definition) is 3. The fourth-order valence-electron chi connectivity index (χ4n) is 7.91. The molecule has 3 saturated carbocycles. The van der Waals surface area contributed by atoms with E-state index in [0.717, 1.165) is 54.4 Å². The molecule has 0 aromatic heterocycles. The average Bonchev–Trinajstić information content (AvgIpc) is 4.05. The quantitative estimate of drug-likeness (QED) is 0.189.